The van der Waals surface area contributed by atoms with Gasteiger partial charge >= 0.3 is 12.1 Å². The van der Waals surface area contributed by atoms with E-state index in [4.69, 9.17) is 14.7 Å². The molecule has 1 aromatic carbocycles. The lowest BCUT2D eigenvalue weighted by molar-refractivity contribution is 0.0543. The Morgan fingerprint density at radius 1 is 1.30 bits per heavy atom. The summed E-state index contributed by atoms with van der Waals surface area (Å²) in [5.41, 5.74) is 0.965. The molecule has 2 rings (SSSR count). The van der Waals surface area contributed by atoms with Crippen molar-refractivity contribution in [3.63, 3.8) is 0 Å². The number of fused-ring (bicyclic) bond motifs is 1. The number of methoxy groups -OCH3 is 1. The molecule has 0 saturated carbocycles. The molecule has 1 aromatic heterocycles. The topological polar surface area (TPSA) is 81.3 Å². The summed E-state index contributed by atoms with van der Waals surface area (Å²) in [6.07, 6.45) is 1.16. The quantitative estimate of drug-likeness (QED) is 0.795. The zero-order chi connectivity index (χ0) is 17.2. The van der Waals surface area contributed by atoms with Gasteiger partial charge in [-0.05, 0) is 44.5 Å². The second kappa shape index (κ2) is 6.13. The predicted molar refractivity (Wildman–Crippen MR) is 84.2 cm³/mol. The van der Waals surface area contributed by atoms with Crippen molar-refractivity contribution in [2.45, 2.75) is 32.8 Å². The van der Waals surface area contributed by atoms with E-state index in [2.05, 4.69) is 6.07 Å². The van der Waals surface area contributed by atoms with Gasteiger partial charge in [-0.15, -0.1) is 0 Å². The van der Waals surface area contributed by atoms with E-state index >= 15 is 0 Å². The van der Waals surface area contributed by atoms with Crippen LogP contribution in [0.3, 0.4) is 0 Å². The second-order valence-corrected chi connectivity index (χ2v) is 6.06. The number of esters is 1. The SMILES string of the molecule is COC(=O)c1ccc2c(c1)c(CC#N)cn2C(=O)OC(C)(C)C. The second-order valence-electron chi connectivity index (χ2n) is 6.06. The van der Waals surface area contributed by atoms with Crippen molar-refractivity contribution in [1.82, 2.24) is 4.57 Å². The third-order valence-electron chi connectivity index (χ3n) is 3.17. The molecule has 0 saturated heterocycles. The van der Waals surface area contributed by atoms with Crippen molar-refractivity contribution >= 4 is 23.0 Å². The van der Waals surface area contributed by atoms with Crippen LogP contribution in [0, 0.1) is 11.3 Å². The highest BCUT2D eigenvalue weighted by Crippen LogP contribution is 2.25. The Hall–Kier alpha value is -2.81. The molecule has 0 atom stereocenters. The maximum atomic E-state index is 12.3. The van der Waals surface area contributed by atoms with Crippen LogP contribution < -0.4 is 0 Å². The molecule has 1 heterocycles. The van der Waals surface area contributed by atoms with Gasteiger partial charge in [0.1, 0.15) is 5.60 Å². The molecular weight excluding hydrogens is 296 g/mol. The first-order valence-corrected chi connectivity index (χ1v) is 7.09. The van der Waals surface area contributed by atoms with E-state index in [0.29, 0.717) is 22.0 Å². The lowest BCUT2D eigenvalue weighted by Crippen LogP contribution is -2.26. The highest BCUT2D eigenvalue weighted by atomic mass is 16.6. The lowest BCUT2D eigenvalue weighted by Gasteiger charge is -2.19. The largest absolute Gasteiger partial charge is 0.465 e. The van der Waals surface area contributed by atoms with Crippen LogP contribution in [0.4, 0.5) is 4.79 Å². The summed E-state index contributed by atoms with van der Waals surface area (Å²) in [6, 6.07) is 6.90. The van der Waals surface area contributed by atoms with Crippen LogP contribution in [0.2, 0.25) is 0 Å². The monoisotopic (exact) mass is 314 g/mol. The molecule has 0 aliphatic carbocycles. The fraction of sp³-hybridized carbons (Fsp3) is 0.353. The molecule has 0 unspecified atom stereocenters. The van der Waals surface area contributed by atoms with Gasteiger partial charge in [-0.3, -0.25) is 4.57 Å². The molecule has 0 N–H and O–H groups in total. The van der Waals surface area contributed by atoms with E-state index in [1.165, 1.54) is 11.7 Å². The minimum absolute atomic E-state index is 0.122. The molecule has 0 radical (unpaired) electrons. The van der Waals surface area contributed by atoms with Gasteiger partial charge in [0.25, 0.3) is 0 Å². The lowest BCUT2D eigenvalue weighted by atomic mass is 10.1. The van der Waals surface area contributed by atoms with Gasteiger partial charge in [-0.25, -0.2) is 9.59 Å². The van der Waals surface area contributed by atoms with Gasteiger partial charge in [0, 0.05) is 11.6 Å². The van der Waals surface area contributed by atoms with E-state index in [1.54, 1.807) is 45.2 Å². The summed E-state index contributed by atoms with van der Waals surface area (Å²) in [5.74, 6) is -0.472. The third-order valence-corrected chi connectivity index (χ3v) is 3.17. The van der Waals surface area contributed by atoms with Crippen molar-refractivity contribution in [1.29, 1.82) is 5.26 Å². The highest BCUT2D eigenvalue weighted by molar-refractivity contribution is 5.98. The first kappa shape index (κ1) is 16.6. The number of rotatable bonds is 2. The summed E-state index contributed by atoms with van der Waals surface area (Å²) in [7, 11) is 1.30. The summed E-state index contributed by atoms with van der Waals surface area (Å²) >= 11 is 0. The molecule has 0 aliphatic heterocycles. The van der Waals surface area contributed by atoms with Crippen molar-refractivity contribution in [3.05, 3.63) is 35.5 Å². The van der Waals surface area contributed by atoms with Crippen molar-refractivity contribution in [2.24, 2.45) is 0 Å². The van der Waals surface area contributed by atoms with Crippen molar-refractivity contribution in [2.75, 3.05) is 7.11 Å². The summed E-state index contributed by atoms with van der Waals surface area (Å²) in [5, 5.41) is 9.62. The van der Waals surface area contributed by atoms with E-state index in [1.807, 2.05) is 0 Å². The Labute approximate surface area is 134 Å². The van der Waals surface area contributed by atoms with Crippen LogP contribution in [-0.4, -0.2) is 29.3 Å². The van der Waals surface area contributed by atoms with Gasteiger partial charge in [0.05, 0.1) is 30.7 Å². The van der Waals surface area contributed by atoms with Gasteiger partial charge < -0.3 is 9.47 Å². The fourth-order valence-corrected chi connectivity index (χ4v) is 2.23. The number of hydrogen-bond acceptors (Lipinski definition) is 5. The minimum Gasteiger partial charge on any atom is -0.465 e. The van der Waals surface area contributed by atoms with Crippen LogP contribution >= 0.6 is 0 Å². The number of hydrogen-bond donors (Lipinski definition) is 0. The minimum atomic E-state index is -0.630. The average molecular weight is 314 g/mol. The number of benzene rings is 1. The normalized spacial score (nSPS) is 11.1. The zero-order valence-corrected chi connectivity index (χ0v) is 13.5. The Bertz CT molecular complexity index is 806. The zero-order valence-electron chi connectivity index (χ0n) is 13.5. The Morgan fingerprint density at radius 3 is 2.57 bits per heavy atom. The molecule has 0 amide bonds. The molecule has 0 bridgehead atoms. The van der Waals surface area contributed by atoms with Gasteiger partial charge in [-0.2, -0.15) is 5.26 Å². The molecule has 2 aromatic rings. The first-order valence-electron chi connectivity index (χ1n) is 7.09. The standard InChI is InChI=1S/C17H18N2O4/c1-17(2,3)23-16(21)19-10-12(7-8-18)13-9-11(15(20)22-4)5-6-14(13)19/h5-6,9-10H,7H2,1-4H3. The summed E-state index contributed by atoms with van der Waals surface area (Å²) < 4.78 is 11.4. The molecule has 23 heavy (non-hydrogen) atoms. The first-order chi connectivity index (χ1) is 10.8. The smallest absolute Gasteiger partial charge is 0.419 e. The van der Waals surface area contributed by atoms with Gasteiger partial charge in [0.2, 0.25) is 0 Å². The number of aromatic nitrogens is 1. The number of nitriles is 1. The van der Waals surface area contributed by atoms with Crippen molar-refractivity contribution < 1.29 is 19.1 Å². The van der Waals surface area contributed by atoms with Gasteiger partial charge in [0.15, 0.2) is 0 Å². The molecule has 0 aliphatic rings. The fourth-order valence-electron chi connectivity index (χ4n) is 2.23. The Morgan fingerprint density at radius 2 is 2.00 bits per heavy atom. The van der Waals surface area contributed by atoms with Crippen LogP contribution in [0.25, 0.3) is 10.9 Å². The molecule has 6 heteroatoms. The molecule has 120 valence electrons. The van der Waals surface area contributed by atoms with E-state index in [9.17, 15) is 9.59 Å². The number of ether oxygens (including phenoxy) is 2. The molecule has 0 spiro atoms. The molecule has 0 fully saturated rings. The van der Waals surface area contributed by atoms with Crippen LogP contribution in [0.1, 0.15) is 36.7 Å². The van der Waals surface area contributed by atoms with E-state index < -0.39 is 17.7 Å². The number of nitrogens with zero attached hydrogens (tertiary/aromatic N) is 2. The van der Waals surface area contributed by atoms with E-state index in [0.717, 1.165) is 0 Å². The van der Waals surface area contributed by atoms with Crippen LogP contribution in [0.5, 0.6) is 0 Å². The maximum Gasteiger partial charge on any atom is 0.419 e. The Kier molecular flexibility index (Phi) is 4.41. The van der Waals surface area contributed by atoms with Crippen LogP contribution in [0.15, 0.2) is 24.4 Å². The molecule has 6 nitrogen and oxygen atoms in total. The number of carbonyl (C=O) groups excluding carboxylic acids is 2. The summed E-state index contributed by atoms with van der Waals surface area (Å²) in [6.45, 7) is 5.34. The molecular formula is C17H18N2O4. The third kappa shape index (κ3) is 3.51. The van der Waals surface area contributed by atoms with Crippen LogP contribution in [-0.2, 0) is 15.9 Å². The highest BCUT2D eigenvalue weighted by Gasteiger charge is 2.21. The predicted octanol–water partition coefficient (Wildman–Crippen LogP) is 3.28. The van der Waals surface area contributed by atoms with Crippen molar-refractivity contribution in [3.8, 4) is 6.07 Å². The average Bonchev–Trinajstić information content (AvgIpc) is 2.83. The Balaban J connectivity index is 2.57. The number of carbonyl (C=O) groups is 2. The summed E-state index contributed by atoms with van der Waals surface area (Å²) in [4.78, 5) is 24.0. The van der Waals surface area contributed by atoms with Gasteiger partial charge in [-0.1, -0.05) is 0 Å². The maximum absolute atomic E-state index is 12.3. The van der Waals surface area contributed by atoms with E-state index in [-0.39, 0.29) is 6.42 Å².